The second-order valence-electron chi connectivity index (χ2n) is 5.71. The fourth-order valence-electron chi connectivity index (χ4n) is 2.70. The summed E-state index contributed by atoms with van der Waals surface area (Å²) < 4.78 is 10.7. The average Bonchev–Trinajstić information content (AvgIpc) is 3.28. The summed E-state index contributed by atoms with van der Waals surface area (Å²) in [4.78, 5) is 14.5. The predicted molar refractivity (Wildman–Crippen MR) is 77.7 cm³/mol. The minimum Gasteiger partial charge on any atom is -0.465 e. The van der Waals surface area contributed by atoms with Crippen LogP contribution in [-0.4, -0.2) is 61.9 Å². The maximum Gasteiger partial charge on any atom is 0.323 e. The number of nitrogens with zero attached hydrogens (tertiary/aromatic N) is 1. The molecular weight excluding hydrogens is 256 g/mol. The smallest absolute Gasteiger partial charge is 0.323 e. The van der Waals surface area contributed by atoms with Crippen LogP contribution in [-0.2, 0) is 14.3 Å². The molecule has 5 heteroatoms. The lowest BCUT2D eigenvalue weighted by molar-refractivity contribution is -0.146. The number of hydrogen-bond acceptors (Lipinski definition) is 5. The summed E-state index contributed by atoms with van der Waals surface area (Å²) in [6, 6.07) is 0.867. The number of esters is 1. The van der Waals surface area contributed by atoms with Crippen molar-refractivity contribution in [3.63, 3.8) is 0 Å². The number of rotatable bonds is 8. The monoisotopic (exact) mass is 284 g/mol. The van der Waals surface area contributed by atoms with Crippen molar-refractivity contribution in [1.29, 1.82) is 0 Å². The van der Waals surface area contributed by atoms with Gasteiger partial charge in [0.15, 0.2) is 0 Å². The number of ether oxygens (including phenoxy) is 2. The third-order valence-corrected chi connectivity index (χ3v) is 4.11. The van der Waals surface area contributed by atoms with E-state index < -0.39 is 0 Å². The van der Waals surface area contributed by atoms with Gasteiger partial charge in [-0.3, -0.25) is 9.69 Å². The van der Waals surface area contributed by atoms with Crippen molar-refractivity contribution in [1.82, 2.24) is 10.2 Å². The second-order valence-corrected chi connectivity index (χ2v) is 5.71. The Labute approximate surface area is 122 Å². The second kappa shape index (κ2) is 7.96. The first-order valence-corrected chi connectivity index (χ1v) is 7.99. The first kappa shape index (κ1) is 15.7. The maximum atomic E-state index is 12.0. The van der Waals surface area contributed by atoms with Crippen molar-refractivity contribution in [2.45, 2.75) is 57.7 Å². The molecule has 0 aromatic heterocycles. The minimum atomic E-state index is -0.150. The third kappa shape index (κ3) is 4.72. The van der Waals surface area contributed by atoms with Crippen LogP contribution in [0.15, 0.2) is 0 Å². The summed E-state index contributed by atoms with van der Waals surface area (Å²) in [7, 11) is 0. The summed E-state index contributed by atoms with van der Waals surface area (Å²) in [6.07, 6.45) is 4.29. The van der Waals surface area contributed by atoms with Crippen LogP contribution in [0.25, 0.3) is 0 Å². The molecule has 0 radical (unpaired) electrons. The molecule has 20 heavy (non-hydrogen) atoms. The molecule has 2 aliphatic rings. The van der Waals surface area contributed by atoms with E-state index in [9.17, 15) is 4.79 Å². The Balaban J connectivity index is 1.81. The molecule has 2 unspecified atom stereocenters. The molecule has 1 saturated carbocycles. The zero-order chi connectivity index (χ0) is 14.4. The average molecular weight is 284 g/mol. The quantitative estimate of drug-likeness (QED) is 0.678. The molecule has 0 aromatic carbocycles. The van der Waals surface area contributed by atoms with Crippen molar-refractivity contribution in [2.24, 2.45) is 0 Å². The zero-order valence-corrected chi connectivity index (χ0v) is 12.8. The van der Waals surface area contributed by atoms with Crippen LogP contribution in [0.3, 0.4) is 0 Å². The largest absolute Gasteiger partial charge is 0.465 e. The van der Waals surface area contributed by atoms with Gasteiger partial charge in [0.25, 0.3) is 0 Å². The molecule has 1 aliphatic heterocycles. The van der Waals surface area contributed by atoms with E-state index in [0.29, 0.717) is 18.7 Å². The molecule has 1 heterocycles. The molecule has 2 rings (SSSR count). The van der Waals surface area contributed by atoms with Crippen molar-refractivity contribution in [3.8, 4) is 0 Å². The van der Waals surface area contributed by atoms with Gasteiger partial charge in [0.2, 0.25) is 0 Å². The maximum absolute atomic E-state index is 12.0. The highest BCUT2D eigenvalue weighted by molar-refractivity contribution is 5.75. The normalized spacial score (nSPS) is 25.4. The van der Waals surface area contributed by atoms with E-state index in [1.807, 2.05) is 6.92 Å². The van der Waals surface area contributed by atoms with Gasteiger partial charge in [-0.15, -0.1) is 0 Å². The lowest BCUT2D eigenvalue weighted by Crippen LogP contribution is -2.48. The van der Waals surface area contributed by atoms with E-state index in [2.05, 4.69) is 17.1 Å². The van der Waals surface area contributed by atoms with Crippen LogP contribution >= 0.6 is 0 Å². The Morgan fingerprint density at radius 1 is 1.45 bits per heavy atom. The standard InChI is InChI=1S/C15H28N2O3/c1-3-13-11-19-10-9-17(13)8-7-14(15(18)20-4-2)16-12-5-6-12/h12-14,16H,3-11H2,1-2H3. The van der Waals surface area contributed by atoms with Gasteiger partial charge in [-0.25, -0.2) is 0 Å². The molecule has 116 valence electrons. The summed E-state index contributed by atoms with van der Waals surface area (Å²) >= 11 is 0. The fourth-order valence-corrected chi connectivity index (χ4v) is 2.70. The van der Waals surface area contributed by atoms with E-state index in [-0.39, 0.29) is 12.0 Å². The van der Waals surface area contributed by atoms with Crippen LogP contribution in [0.5, 0.6) is 0 Å². The van der Waals surface area contributed by atoms with Gasteiger partial charge in [0.05, 0.1) is 19.8 Å². The Kier molecular flexibility index (Phi) is 6.26. The van der Waals surface area contributed by atoms with Crippen LogP contribution in [0.4, 0.5) is 0 Å². The minimum absolute atomic E-state index is 0.0966. The van der Waals surface area contributed by atoms with Crippen LogP contribution < -0.4 is 5.32 Å². The summed E-state index contributed by atoms with van der Waals surface area (Å²) in [6.45, 7) is 8.03. The third-order valence-electron chi connectivity index (χ3n) is 4.11. The van der Waals surface area contributed by atoms with Crippen molar-refractivity contribution in [2.75, 3.05) is 32.9 Å². The molecule has 0 bridgehead atoms. The van der Waals surface area contributed by atoms with E-state index in [1.165, 1.54) is 12.8 Å². The first-order chi connectivity index (χ1) is 9.74. The number of nitrogens with one attached hydrogen (secondary N) is 1. The molecule has 2 fully saturated rings. The van der Waals surface area contributed by atoms with E-state index in [1.54, 1.807) is 0 Å². The molecule has 5 nitrogen and oxygen atoms in total. The number of carbonyl (C=O) groups is 1. The highest BCUT2D eigenvalue weighted by Gasteiger charge is 2.30. The highest BCUT2D eigenvalue weighted by Crippen LogP contribution is 2.21. The molecule has 2 atom stereocenters. The first-order valence-electron chi connectivity index (χ1n) is 7.99. The van der Waals surface area contributed by atoms with Gasteiger partial charge in [-0.05, 0) is 32.6 Å². The van der Waals surface area contributed by atoms with Crippen LogP contribution in [0.2, 0.25) is 0 Å². The van der Waals surface area contributed by atoms with E-state index in [4.69, 9.17) is 9.47 Å². The number of morpholine rings is 1. The van der Waals surface area contributed by atoms with Gasteiger partial charge in [-0.2, -0.15) is 0 Å². The van der Waals surface area contributed by atoms with Crippen LogP contribution in [0, 0.1) is 0 Å². The zero-order valence-electron chi connectivity index (χ0n) is 12.8. The topological polar surface area (TPSA) is 50.8 Å². The van der Waals surface area contributed by atoms with Crippen molar-refractivity contribution in [3.05, 3.63) is 0 Å². The summed E-state index contributed by atoms with van der Waals surface area (Å²) in [5.74, 6) is -0.0966. The molecule has 1 saturated heterocycles. The molecule has 1 N–H and O–H groups in total. The Morgan fingerprint density at radius 2 is 2.25 bits per heavy atom. The summed E-state index contributed by atoms with van der Waals surface area (Å²) in [5.41, 5.74) is 0. The van der Waals surface area contributed by atoms with Gasteiger partial charge in [0.1, 0.15) is 6.04 Å². The van der Waals surface area contributed by atoms with Gasteiger partial charge in [-0.1, -0.05) is 6.92 Å². The summed E-state index contributed by atoms with van der Waals surface area (Å²) in [5, 5.41) is 3.42. The van der Waals surface area contributed by atoms with Gasteiger partial charge >= 0.3 is 5.97 Å². The fraction of sp³-hybridized carbons (Fsp3) is 0.933. The van der Waals surface area contributed by atoms with Gasteiger partial charge in [0, 0.05) is 25.2 Å². The molecular formula is C15H28N2O3. The highest BCUT2D eigenvalue weighted by atomic mass is 16.5. The molecule has 0 amide bonds. The molecule has 0 aromatic rings. The van der Waals surface area contributed by atoms with Crippen LogP contribution in [0.1, 0.15) is 39.5 Å². The molecule has 1 aliphatic carbocycles. The van der Waals surface area contributed by atoms with E-state index in [0.717, 1.165) is 39.1 Å². The van der Waals surface area contributed by atoms with E-state index >= 15 is 0 Å². The van der Waals surface area contributed by atoms with Crippen molar-refractivity contribution < 1.29 is 14.3 Å². The lowest BCUT2D eigenvalue weighted by atomic mass is 10.1. The number of hydrogen-bond donors (Lipinski definition) is 1. The Hall–Kier alpha value is -0.650. The predicted octanol–water partition coefficient (Wildman–Crippen LogP) is 1.17. The van der Waals surface area contributed by atoms with Gasteiger partial charge < -0.3 is 14.8 Å². The Morgan fingerprint density at radius 3 is 2.90 bits per heavy atom. The lowest BCUT2D eigenvalue weighted by Gasteiger charge is -2.35. The SMILES string of the molecule is CCOC(=O)C(CCN1CCOCC1CC)NC1CC1. The number of carbonyl (C=O) groups excluding carboxylic acids is 1. The Bertz CT molecular complexity index is 307. The molecule has 0 spiro atoms. The van der Waals surface area contributed by atoms with Crippen molar-refractivity contribution >= 4 is 5.97 Å².